The molecular formula is C12H26N2O. The van der Waals surface area contributed by atoms with Crippen molar-refractivity contribution in [3.05, 3.63) is 0 Å². The fraction of sp³-hybridized carbons (Fsp3) is 1.00. The smallest absolute Gasteiger partial charge is 0.0615 e. The molecular weight excluding hydrogens is 188 g/mol. The van der Waals surface area contributed by atoms with Gasteiger partial charge in [0.15, 0.2) is 0 Å². The number of hydrogen-bond acceptors (Lipinski definition) is 3. The van der Waals surface area contributed by atoms with Gasteiger partial charge in [-0.2, -0.15) is 0 Å². The van der Waals surface area contributed by atoms with Crippen LogP contribution >= 0.6 is 0 Å². The van der Waals surface area contributed by atoms with Crippen molar-refractivity contribution in [1.82, 2.24) is 5.32 Å². The third kappa shape index (κ3) is 4.49. The lowest BCUT2D eigenvalue weighted by atomic mass is 9.80. The average molecular weight is 214 g/mol. The lowest BCUT2D eigenvalue weighted by Gasteiger charge is -2.34. The van der Waals surface area contributed by atoms with Crippen molar-refractivity contribution in [3.8, 4) is 0 Å². The summed E-state index contributed by atoms with van der Waals surface area (Å²) >= 11 is 0. The Kier molecular flexibility index (Phi) is 6.22. The normalized spacial score (nSPS) is 21.0. The topological polar surface area (TPSA) is 47.3 Å². The molecule has 0 spiro atoms. The molecule has 0 aromatic heterocycles. The van der Waals surface area contributed by atoms with E-state index in [0.717, 1.165) is 31.9 Å². The molecule has 1 saturated carbocycles. The molecule has 3 N–H and O–H groups in total. The molecule has 2 atom stereocenters. The van der Waals surface area contributed by atoms with E-state index in [4.69, 9.17) is 10.5 Å². The van der Waals surface area contributed by atoms with Crippen molar-refractivity contribution >= 4 is 0 Å². The van der Waals surface area contributed by atoms with Gasteiger partial charge in [0.05, 0.1) is 6.61 Å². The molecule has 1 rings (SSSR count). The molecule has 0 heterocycles. The molecule has 2 unspecified atom stereocenters. The van der Waals surface area contributed by atoms with Crippen LogP contribution in [0.5, 0.6) is 0 Å². The fourth-order valence-electron chi connectivity index (χ4n) is 2.23. The molecule has 0 aliphatic heterocycles. The van der Waals surface area contributed by atoms with Crippen LogP contribution in [0, 0.1) is 5.92 Å². The summed E-state index contributed by atoms with van der Waals surface area (Å²) in [5.41, 5.74) is 5.53. The Bertz CT molecular complexity index is 160. The van der Waals surface area contributed by atoms with Gasteiger partial charge in [-0.25, -0.2) is 0 Å². The maximum Gasteiger partial charge on any atom is 0.0615 e. The Morgan fingerprint density at radius 3 is 2.67 bits per heavy atom. The molecule has 90 valence electrons. The van der Waals surface area contributed by atoms with Crippen LogP contribution < -0.4 is 11.1 Å². The van der Waals surface area contributed by atoms with Gasteiger partial charge in [0.1, 0.15) is 0 Å². The Hall–Kier alpha value is -0.120. The van der Waals surface area contributed by atoms with Crippen LogP contribution in [0.25, 0.3) is 0 Å². The maximum atomic E-state index is 5.53. The first kappa shape index (κ1) is 12.9. The summed E-state index contributed by atoms with van der Waals surface area (Å²) in [6, 6.07) is 1.12. The zero-order valence-corrected chi connectivity index (χ0v) is 10.2. The predicted molar refractivity (Wildman–Crippen MR) is 63.9 cm³/mol. The van der Waals surface area contributed by atoms with Gasteiger partial charge in [-0.05, 0) is 45.1 Å². The van der Waals surface area contributed by atoms with Crippen LogP contribution in [0.3, 0.4) is 0 Å². The van der Waals surface area contributed by atoms with E-state index in [1.807, 2.05) is 0 Å². The van der Waals surface area contributed by atoms with Crippen LogP contribution in [-0.4, -0.2) is 32.3 Å². The van der Waals surface area contributed by atoms with Crippen molar-refractivity contribution in [2.45, 2.75) is 51.1 Å². The van der Waals surface area contributed by atoms with Crippen LogP contribution in [0.15, 0.2) is 0 Å². The Labute approximate surface area is 93.8 Å². The van der Waals surface area contributed by atoms with Crippen molar-refractivity contribution in [2.75, 3.05) is 20.3 Å². The molecule has 3 heteroatoms. The van der Waals surface area contributed by atoms with E-state index in [0.29, 0.717) is 12.1 Å². The van der Waals surface area contributed by atoms with Gasteiger partial charge in [-0.3, -0.25) is 0 Å². The molecule has 1 aliphatic rings. The Morgan fingerprint density at radius 2 is 2.20 bits per heavy atom. The molecule has 0 bridgehead atoms. The molecule has 15 heavy (non-hydrogen) atoms. The van der Waals surface area contributed by atoms with Crippen LogP contribution in [-0.2, 0) is 4.74 Å². The summed E-state index contributed by atoms with van der Waals surface area (Å²) in [5.74, 6) is 0.891. The van der Waals surface area contributed by atoms with Gasteiger partial charge in [0.25, 0.3) is 0 Å². The minimum Gasteiger partial charge on any atom is -0.383 e. The third-order valence-electron chi connectivity index (χ3n) is 3.48. The van der Waals surface area contributed by atoms with E-state index in [1.54, 1.807) is 7.11 Å². The summed E-state index contributed by atoms with van der Waals surface area (Å²) in [4.78, 5) is 0. The number of methoxy groups -OCH3 is 1. The summed E-state index contributed by atoms with van der Waals surface area (Å²) < 4.78 is 5.23. The van der Waals surface area contributed by atoms with Crippen molar-refractivity contribution in [2.24, 2.45) is 11.7 Å². The Balaban J connectivity index is 2.21. The van der Waals surface area contributed by atoms with Gasteiger partial charge in [0, 0.05) is 19.2 Å². The van der Waals surface area contributed by atoms with Crippen molar-refractivity contribution in [3.63, 3.8) is 0 Å². The van der Waals surface area contributed by atoms with Gasteiger partial charge in [0.2, 0.25) is 0 Å². The Morgan fingerprint density at radius 1 is 1.47 bits per heavy atom. The second-order valence-electron chi connectivity index (χ2n) is 4.73. The number of nitrogens with one attached hydrogen (secondary N) is 1. The van der Waals surface area contributed by atoms with Crippen LogP contribution in [0.1, 0.15) is 39.0 Å². The zero-order valence-electron chi connectivity index (χ0n) is 10.2. The zero-order chi connectivity index (χ0) is 11.1. The summed E-state index contributed by atoms with van der Waals surface area (Å²) in [5, 5.41) is 3.67. The lowest BCUT2D eigenvalue weighted by molar-refractivity contribution is 0.139. The highest BCUT2D eigenvalue weighted by molar-refractivity contribution is 4.82. The quantitative estimate of drug-likeness (QED) is 0.644. The first-order valence-electron chi connectivity index (χ1n) is 6.23. The van der Waals surface area contributed by atoms with E-state index in [9.17, 15) is 0 Å². The third-order valence-corrected chi connectivity index (χ3v) is 3.48. The van der Waals surface area contributed by atoms with E-state index in [2.05, 4.69) is 12.2 Å². The molecule has 3 nitrogen and oxygen atoms in total. The molecule has 0 saturated heterocycles. The predicted octanol–water partition coefficient (Wildman–Crippen LogP) is 1.52. The molecule has 0 amide bonds. The lowest BCUT2D eigenvalue weighted by Crippen LogP contribution is -2.45. The average Bonchev–Trinajstić information content (AvgIpc) is 2.11. The molecule has 0 aromatic rings. The SMILES string of the molecule is COCC(CCCN)NC(C)C1CCC1. The molecule has 0 radical (unpaired) electrons. The second kappa shape index (κ2) is 7.20. The van der Waals surface area contributed by atoms with Crippen LogP contribution in [0.4, 0.5) is 0 Å². The number of nitrogens with two attached hydrogens (primary N) is 1. The highest BCUT2D eigenvalue weighted by atomic mass is 16.5. The van der Waals surface area contributed by atoms with Gasteiger partial charge in [-0.15, -0.1) is 0 Å². The van der Waals surface area contributed by atoms with Crippen LogP contribution in [0.2, 0.25) is 0 Å². The molecule has 1 fully saturated rings. The van der Waals surface area contributed by atoms with E-state index < -0.39 is 0 Å². The van der Waals surface area contributed by atoms with E-state index in [-0.39, 0.29) is 0 Å². The first-order chi connectivity index (χ1) is 7.27. The minimum atomic E-state index is 0.481. The van der Waals surface area contributed by atoms with Crippen molar-refractivity contribution < 1.29 is 4.74 Å². The molecule has 0 aromatic carbocycles. The monoisotopic (exact) mass is 214 g/mol. The van der Waals surface area contributed by atoms with Crippen molar-refractivity contribution in [1.29, 1.82) is 0 Å². The first-order valence-corrected chi connectivity index (χ1v) is 6.23. The van der Waals surface area contributed by atoms with E-state index >= 15 is 0 Å². The summed E-state index contributed by atoms with van der Waals surface area (Å²) in [6.45, 7) is 3.88. The standard InChI is InChI=1S/C12H26N2O/c1-10(11-5-3-6-11)14-12(9-15-2)7-4-8-13/h10-12,14H,3-9,13H2,1-2H3. The highest BCUT2D eigenvalue weighted by Crippen LogP contribution is 2.29. The number of hydrogen-bond donors (Lipinski definition) is 2. The van der Waals surface area contributed by atoms with Gasteiger partial charge in [-0.1, -0.05) is 6.42 Å². The maximum absolute atomic E-state index is 5.53. The highest BCUT2D eigenvalue weighted by Gasteiger charge is 2.25. The largest absolute Gasteiger partial charge is 0.383 e. The number of rotatable bonds is 8. The minimum absolute atomic E-state index is 0.481. The summed E-state index contributed by atoms with van der Waals surface area (Å²) in [6.07, 6.45) is 6.41. The van der Waals surface area contributed by atoms with E-state index in [1.165, 1.54) is 19.3 Å². The second-order valence-corrected chi connectivity index (χ2v) is 4.73. The van der Waals surface area contributed by atoms with Gasteiger partial charge < -0.3 is 15.8 Å². The summed E-state index contributed by atoms with van der Waals surface area (Å²) in [7, 11) is 1.77. The molecule has 1 aliphatic carbocycles. The van der Waals surface area contributed by atoms with Gasteiger partial charge >= 0.3 is 0 Å². The fourth-order valence-corrected chi connectivity index (χ4v) is 2.23. The number of ether oxygens (including phenoxy) is 1.